The number of nitrogens with zero attached hydrogens (tertiary/aromatic N) is 1. The quantitative estimate of drug-likeness (QED) is 0.267. The predicted octanol–water partition coefficient (Wildman–Crippen LogP) is 4.84. The zero-order chi connectivity index (χ0) is 27.7. The largest absolute Gasteiger partial charge is 0.500 e. The maximum absolute atomic E-state index is 13.8. The molecule has 3 heterocycles. The lowest BCUT2D eigenvalue weighted by atomic mass is 9.72. The highest BCUT2D eigenvalue weighted by atomic mass is 32.1. The van der Waals surface area contributed by atoms with Gasteiger partial charge in [-0.05, 0) is 56.2 Å². The minimum absolute atomic E-state index is 0.0154. The lowest BCUT2D eigenvalue weighted by molar-refractivity contribution is -0.386. The summed E-state index contributed by atoms with van der Waals surface area (Å²) in [6, 6.07) is 6.62. The number of carbonyl (C=O) groups is 2. The van der Waals surface area contributed by atoms with Gasteiger partial charge >= 0.3 is 11.7 Å². The van der Waals surface area contributed by atoms with Crippen LogP contribution in [0.3, 0.4) is 0 Å². The Bertz CT molecular complexity index is 1360. The Labute approximate surface area is 229 Å². The molecule has 2 aliphatic heterocycles. The van der Waals surface area contributed by atoms with Crippen molar-refractivity contribution in [2.75, 3.05) is 19.8 Å². The minimum Gasteiger partial charge on any atom is -0.500 e. The zero-order valence-corrected chi connectivity index (χ0v) is 22.5. The van der Waals surface area contributed by atoms with E-state index in [1.165, 1.54) is 12.1 Å². The number of phenolic OH excluding ortho intramolecular Hbond substituents is 1. The summed E-state index contributed by atoms with van der Waals surface area (Å²) in [6.07, 6.45) is 2.27. The van der Waals surface area contributed by atoms with Gasteiger partial charge in [0.2, 0.25) is 5.75 Å². The number of dihydropyridines is 1. The maximum Gasteiger partial charge on any atom is 0.336 e. The Morgan fingerprint density at radius 3 is 2.82 bits per heavy atom. The summed E-state index contributed by atoms with van der Waals surface area (Å²) in [5.74, 6) is -2.44. The van der Waals surface area contributed by atoms with Crippen molar-refractivity contribution in [3.05, 3.63) is 72.7 Å². The fourth-order valence-corrected chi connectivity index (χ4v) is 6.41. The highest BCUT2D eigenvalue weighted by Gasteiger charge is 2.43. The average Bonchev–Trinajstić information content (AvgIpc) is 3.62. The number of aromatic hydroxyl groups is 1. The molecule has 39 heavy (non-hydrogen) atoms. The third-order valence-electron chi connectivity index (χ3n) is 7.32. The predicted molar refractivity (Wildman–Crippen MR) is 143 cm³/mol. The minimum atomic E-state index is -0.937. The summed E-state index contributed by atoms with van der Waals surface area (Å²) in [5.41, 5.74) is 1.47. The molecule has 0 amide bonds. The van der Waals surface area contributed by atoms with E-state index in [9.17, 15) is 24.8 Å². The molecule has 0 spiro atoms. The SMILES string of the molecule is CCOc1cc([C@@H]2C(C(=O)OC[C@@H]3CCCO3)=C(C)NC3=C2C(=O)C[C@H](c2cccs2)C3)cc([N+](=O)[O-])c1O. The van der Waals surface area contributed by atoms with Crippen LogP contribution >= 0.6 is 11.3 Å². The van der Waals surface area contributed by atoms with Crippen molar-refractivity contribution in [1.29, 1.82) is 0 Å². The lowest BCUT2D eigenvalue weighted by Gasteiger charge is -2.36. The van der Waals surface area contributed by atoms with Crippen molar-refractivity contribution >= 4 is 28.8 Å². The first kappa shape index (κ1) is 26.9. The number of thiophene rings is 1. The standard InChI is InChI=1S/C28H30N2O8S/c1-3-36-22-13-17(11-20(27(22)32)30(34)35)25-24(28(33)38-14-18-6-4-8-37-18)15(2)29-19-10-16(12-21(31)26(19)25)23-7-5-9-39-23/h5,7,9,11,13,16,18,25,29,32H,3-4,6,8,10,12,14H2,1-2H3/t16-,18+,25-/m1/s1. The van der Waals surface area contributed by atoms with E-state index in [0.717, 1.165) is 17.7 Å². The summed E-state index contributed by atoms with van der Waals surface area (Å²) in [5, 5.41) is 27.6. The first-order chi connectivity index (χ1) is 18.8. The number of carbonyl (C=O) groups excluding carboxylic acids is 2. The van der Waals surface area contributed by atoms with Crippen LogP contribution in [-0.2, 0) is 19.1 Å². The molecule has 1 aliphatic carbocycles. The van der Waals surface area contributed by atoms with Gasteiger partial charge in [0.05, 0.1) is 23.2 Å². The molecular weight excluding hydrogens is 524 g/mol. The van der Waals surface area contributed by atoms with Gasteiger partial charge in [-0.25, -0.2) is 4.79 Å². The summed E-state index contributed by atoms with van der Waals surface area (Å²) in [7, 11) is 0. The Balaban J connectivity index is 1.60. The molecule has 0 saturated carbocycles. The smallest absolute Gasteiger partial charge is 0.336 e. The Morgan fingerprint density at radius 2 is 2.15 bits per heavy atom. The molecule has 0 unspecified atom stereocenters. The van der Waals surface area contributed by atoms with E-state index in [2.05, 4.69) is 5.32 Å². The number of allylic oxidation sites excluding steroid dienone is 3. The topological polar surface area (TPSA) is 137 Å². The fraction of sp³-hybridized carbons (Fsp3) is 0.429. The second-order valence-corrected chi connectivity index (χ2v) is 10.8. The number of Topliss-reactive ketones (excluding diaryl/α,β-unsaturated/α-hetero) is 1. The number of nitrogens with one attached hydrogen (secondary N) is 1. The molecule has 1 aromatic carbocycles. The van der Waals surface area contributed by atoms with Crippen LogP contribution in [0.4, 0.5) is 5.69 Å². The van der Waals surface area contributed by atoms with Crippen LogP contribution in [0.1, 0.15) is 61.8 Å². The van der Waals surface area contributed by atoms with Crippen LogP contribution in [-0.4, -0.2) is 47.7 Å². The molecule has 5 rings (SSSR count). The third kappa shape index (κ3) is 5.28. The van der Waals surface area contributed by atoms with Crippen LogP contribution in [0.15, 0.2) is 52.2 Å². The van der Waals surface area contributed by atoms with Gasteiger partial charge in [0.1, 0.15) is 6.61 Å². The van der Waals surface area contributed by atoms with E-state index in [4.69, 9.17) is 14.2 Å². The number of nitro groups is 1. The second kappa shape index (κ2) is 11.2. The van der Waals surface area contributed by atoms with E-state index < -0.39 is 28.2 Å². The van der Waals surface area contributed by atoms with Gasteiger partial charge in [0.15, 0.2) is 11.5 Å². The highest BCUT2D eigenvalue weighted by molar-refractivity contribution is 7.10. The molecule has 0 bridgehead atoms. The number of hydrogen-bond donors (Lipinski definition) is 2. The van der Waals surface area contributed by atoms with Crippen LogP contribution in [0.25, 0.3) is 0 Å². The molecule has 206 valence electrons. The van der Waals surface area contributed by atoms with Crippen molar-refractivity contribution in [3.63, 3.8) is 0 Å². The monoisotopic (exact) mass is 554 g/mol. The summed E-state index contributed by atoms with van der Waals surface area (Å²) in [6.45, 7) is 4.26. The van der Waals surface area contributed by atoms with E-state index in [-0.39, 0.29) is 48.8 Å². The fourth-order valence-electron chi connectivity index (χ4n) is 5.58. The van der Waals surface area contributed by atoms with Gasteiger partial charge in [0, 0.05) is 52.8 Å². The van der Waals surface area contributed by atoms with Crippen LogP contribution < -0.4 is 10.1 Å². The normalized spacial score (nSPS) is 22.9. The molecule has 1 aromatic heterocycles. The van der Waals surface area contributed by atoms with Crippen LogP contribution in [0.2, 0.25) is 0 Å². The number of phenols is 1. The number of ketones is 1. The van der Waals surface area contributed by atoms with Crippen molar-refractivity contribution in [3.8, 4) is 11.5 Å². The zero-order valence-electron chi connectivity index (χ0n) is 21.7. The molecule has 1 saturated heterocycles. The number of esters is 1. The van der Waals surface area contributed by atoms with Crippen LogP contribution in [0, 0.1) is 10.1 Å². The third-order valence-corrected chi connectivity index (χ3v) is 8.36. The molecule has 2 aromatic rings. The molecule has 0 radical (unpaired) electrons. The molecular formula is C28H30N2O8S. The Kier molecular flexibility index (Phi) is 7.72. The van der Waals surface area contributed by atoms with Gasteiger partial charge in [-0.2, -0.15) is 0 Å². The molecule has 1 fully saturated rings. The van der Waals surface area contributed by atoms with Crippen molar-refractivity contribution in [2.24, 2.45) is 0 Å². The summed E-state index contributed by atoms with van der Waals surface area (Å²) < 4.78 is 16.7. The number of rotatable bonds is 8. The lowest BCUT2D eigenvalue weighted by Crippen LogP contribution is -2.36. The molecule has 2 N–H and O–H groups in total. The van der Waals surface area contributed by atoms with E-state index >= 15 is 0 Å². The summed E-state index contributed by atoms with van der Waals surface area (Å²) in [4.78, 5) is 39.5. The first-order valence-corrected chi connectivity index (χ1v) is 13.9. The average molecular weight is 555 g/mol. The van der Waals surface area contributed by atoms with E-state index in [1.54, 1.807) is 25.2 Å². The molecule has 10 nitrogen and oxygen atoms in total. The molecule has 3 aliphatic rings. The van der Waals surface area contributed by atoms with Crippen LogP contribution in [0.5, 0.6) is 11.5 Å². The molecule has 3 atom stereocenters. The van der Waals surface area contributed by atoms with Gasteiger partial charge < -0.3 is 24.6 Å². The second-order valence-electron chi connectivity index (χ2n) is 9.84. The number of benzene rings is 1. The number of hydrogen-bond acceptors (Lipinski definition) is 10. The van der Waals surface area contributed by atoms with Gasteiger partial charge in [-0.3, -0.25) is 14.9 Å². The first-order valence-electron chi connectivity index (χ1n) is 13.0. The van der Waals surface area contributed by atoms with Crippen molar-refractivity contribution in [1.82, 2.24) is 5.32 Å². The number of ether oxygens (including phenoxy) is 3. The van der Waals surface area contributed by atoms with Crippen molar-refractivity contribution in [2.45, 2.75) is 57.5 Å². The maximum atomic E-state index is 13.8. The van der Waals surface area contributed by atoms with E-state index in [1.807, 2.05) is 17.5 Å². The van der Waals surface area contributed by atoms with E-state index in [0.29, 0.717) is 35.6 Å². The number of nitro benzene ring substituents is 1. The summed E-state index contributed by atoms with van der Waals surface area (Å²) >= 11 is 1.59. The van der Waals surface area contributed by atoms with Gasteiger partial charge in [-0.15, -0.1) is 11.3 Å². The Hall–Kier alpha value is -3.70. The van der Waals surface area contributed by atoms with Gasteiger partial charge in [0.25, 0.3) is 0 Å². The Morgan fingerprint density at radius 1 is 1.33 bits per heavy atom. The van der Waals surface area contributed by atoms with Gasteiger partial charge in [-0.1, -0.05) is 6.07 Å². The molecule has 11 heteroatoms. The highest BCUT2D eigenvalue weighted by Crippen LogP contribution is 2.49. The van der Waals surface area contributed by atoms with Crippen molar-refractivity contribution < 1.29 is 33.8 Å².